The van der Waals surface area contributed by atoms with Gasteiger partial charge in [0, 0.05) is 18.7 Å². The van der Waals surface area contributed by atoms with Gasteiger partial charge in [0.25, 0.3) is 5.91 Å². The molecule has 0 aromatic heterocycles. The summed E-state index contributed by atoms with van der Waals surface area (Å²) in [6.45, 7) is 16.8. The molecule has 42 heavy (non-hydrogen) atoms. The van der Waals surface area contributed by atoms with Crippen LogP contribution in [0.3, 0.4) is 0 Å². The number of carbonyl (C=O) groups excluding carboxylic acids is 4. The Bertz CT molecular complexity index is 1130. The predicted octanol–water partition coefficient (Wildman–Crippen LogP) is 4.59. The van der Waals surface area contributed by atoms with Crippen LogP contribution in [0.5, 0.6) is 5.75 Å². The van der Waals surface area contributed by atoms with Crippen molar-refractivity contribution in [3.05, 3.63) is 29.3 Å². The van der Waals surface area contributed by atoms with Crippen molar-refractivity contribution in [1.29, 1.82) is 0 Å². The number of hydrogen-bond donors (Lipinski definition) is 2. The van der Waals surface area contributed by atoms with Crippen LogP contribution in [0, 0.1) is 0 Å². The SMILES string of the molecule is CC(C)(C)OC(=O)CN1CCc2cc(OCCCCN=C(NC(=O)OC(C)(C)C)NC(=O)OC(C)(C)C)ccc2C1=O. The normalized spacial score (nSPS) is 13.5. The third-order valence-electron chi connectivity index (χ3n) is 5.32. The number of hydrogen-bond acceptors (Lipinski definition) is 9. The van der Waals surface area contributed by atoms with Crippen molar-refractivity contribution in [2.45, 2.75) is 98.4 Å². The number of nitrogens with one attached hydrogen (secondary N) is 2. The van der Waals surface area contributed by atoms with E-state index in [1.165, 1.54) is 4.90 Å². The summed E-state index contributed by atoms with van der Waals surface area (Å²) in [4.78, 5) is 55.2. The second-order valence-corrected chi connectivity index (χ2v) is 12.9. The first kappa shape index (κ1) is 34.4. The molecule has 12 heteroatoms. The van der Waals surface area contributed by atoms with Crippen molar-refractivity contribution in [3.8, 4) is 5.75 Å². The smallest absolute Gasteiger partial charge is 0.414 e. The number of fused-ring (bicyclic) bond motifs is 1. The number of nitrogens with zero attached hydrogens (tertiary/aromatic N) is 2. The lowest BCUT2D eigenvalue weighted by Crippen LogP contribution is -2.47. The fourth-order valence-corrected chi connectivity index (χ4v) is 3.79. The topological polar surface area (TPSA) is 145 Å². The molecule has 1 aliphatic rings. The highest BCUT2D eigenvalue weighted by molar-refractivity contribution is 6.01. The van der Waals surface area contributed by atoms with E-state index in [1.807, 2.05) is 6.07 Å². The predicted molar refractivity (Wildman–Crippen MR) is 158 cm³/mol. The Labute approximate surface area is 248 Å². The third kappa shape index (κ3) is 13.2. The molecule has 0 bridgehead atoms. The quantitative estimate of drug-likeness (QED) is 0.147. The molecule has 3 amide bonds. The standard InChI is InChI=1S/C30H46N4O8/c1-28(2,3)40-23(35)19-34-16-14-20-18-21(12-13-22(20)24(34)36)39-17-11-10-15-31-25(32-26(37)41-29(4,5)6)33-27(38)42-30(7,8)9/h12-13,18H,10-11,14-17,19H2,1-9H3,(H2,31,32,33,37,38). The number of aliphatic imine (C=N–C) groups is 1. The van der Waals surface area contributed by atoms with Crippen molar-refractivity contribution in [2.24, 2.45) is 4.99 Å². The van der Waals surface area contributed by atoms with Gasteiger partial charge in [0.1, 0.15) is 29.1 Å². The molecule has 0 saturated heterocycles. The maximum Gasteiger partial charge on any atom is 0.414 e. The summed E-state index contributed by atoms with van der Waals surface area (Å²) in [5.74, 6) is -0.0664. The highest BCUT2D eigenvalue weighted by Gasteiger charge is 2.28. The number of benzene rings is 1. The summed E-state index contributed by atoms with van der Waals surface area (Å²) in [5, 5.41) is 4.90. The van der Waals surface area contributed by atoms with E-state index in [9.17, 15) is 19.2 Å². The van der Waals surface area contributed by atoms with Crippen molar-refractivity contribution in [1.82, 2.24) is 15.5 Å². The van der Waals surface area contributed by atoms with Crippen molar-refractivity contribution in [3.63, 3.8) is 0 Å². The maximum atomic E-state index is 12.9. The van der Waals surface area contributed by atoms with Crippen LogP contribution >= 0.6 is 0 Å². The first-order chi connectivity index (χ1) is 19.3. The molecular weight excluding hydrogens is 544 g/mol. The van der Waals surface area contributed by atoms with Crippen molar-refractivity contribution < 1.29 is 38.1 Å². The molecule has 0 unspecified atom stereocenters. The van der Waals surface area contributed by atoms with Gasteiger partial charge in [-0.3, -0.25) is 25.2 Å². The molecule has 0 saturated carbocycles. The van der Waals surface area contributed by atoms with Gasteiger partial charge in [-0.2, -0.15) is 0 Å². The highest BCUT2D eigenvalue weighted by Crippen LogP contribution is 2.24. The monoisotopic (exact) mass is 590 g/mol. The molecule has 2 N–H and O–H groups in total. The first-order valence-electron chi connectivity index (χ1n) is 14.1. The molecule has 2 rings (SSSR count). The molecule has 0 radical (unpaired) electrons. The lowest BCUT2D eigenvalue weighted by atomic mass is 9.98. The molecule has 12 nitrogen and oxygen atoms in total. The van der Waals surface area contributed by atoms with Gasteiger partial charge >= 0.3 is 18.2 Å². The number of rotatable bonds is 8. The van der Waals surface area contributed by atoms with E-state index in [2.05, 4.69) is 15.6 Å². The molecular formula is C30H46N4O8. The summed E-state index contributed by atoms with van der Waals surface area (Å²) >= 11 is 0. The van der Waals surface area contributed by atoms with Crippen molar-refractivity contribution >= 4 is 30.0 Å². The molecule has 1 aromatic carbocycles. The van der Waals surface area contributed by atoms with Crippen LogP contribution in [0.1, 0.15) is 91.1 Å². The second kappa shape index (κ2) is 14.4. The van der Waals surface area contributed by atoms with Gasteiger partial charge in [-0.1, -0.05) is 0 Å². The number of guanidine groups is 1. The Kier molecular flexibility index (Phi) is 11.8. The third-order valence-corrected chi connectivity index (χ3v) is 5.32. The van der Waals surface area contributed by atoms with Gasteiger partial charge in [0.05, 0.1) is 6.61 Å². The van der Waals surface area contributed by atoms with Crippen molar-refractivity contribution in [2.75, 3.05) is 26.2 Å². The molecule has 234 valence electrons. The summed E-state index contributed by atoms with van der Waals surface area (Å²) < 4.78 is 21.7. The van der Waals surface area contributed by atoms with Crippen LogP contribution in [-0.4, -0.2) is 78.0 Å². The number of amides is 3. The average Bonchev–Trinajstić information content (AvgIpc) is 2.79. The van der Waals surface area contributed by atoms with E-state index in [-0.39, 0.29) is 18.4 Å². The van der Waals surface area contributed by atoms with E-state index >= 15 is 0 Å². The number of alkyl carbamates (subject to hydrolysis) is 2. The van der Waals surface area contributed by atoms with Gasteiger partial charge in [-0.05, 0) is 105 Å². The first-order valence-corrected chi connectivity index (χ1v) is 14.1. The molecule has 0 spiro atoms. The molecule has 1 aliphatic heterocycles. The van der Waals surface area contributed by atoms with Gasteiger partial charge in [-0.25, -0.2) is 9.59 Å². The van der Waals surface area contributed by atoms with Crippen LogP contribution in [0.15, 0.2) is 23.2 Å². The average molecular weight is 591 g/mol. The van der Waals surface area contributed by atoms with Crippen LogP contribution in [0.4, 0.5) is 9.59 Å². The molecule has 1 aromatic rings. The summed E-state index contributed by atoms with van der Waals surface area (Å²) in [7, 11) is 0. The zero-order chi connectivity index (χ0) is 31.7. The Hall–Kier alpha value is -3.83. The van der Waals surface area contributed by atoms with Gasteiger partial charge in [-0.15, -0.1) is 0 Å². The van der Waals surface area contributed by atoms with Gasteiger partial charge in [0.2, 0.25) is 5.96 Å². The zero-order valence-electron chi connectivity index (χ0n) is 26.3. The van der Waals surface area contributed by atoms with Crippen LogP contribution in [0.2, 0.25) is 0 Å². The van der Waals surface area contributed by atoms with Crippen LogP contribution in [-0.2, 0) is 25.4 Å². The Morgan fingerprint density at radius 1 is 0.857 bits per heavy atom. The Morgan fingerprint density at radius 2 is 1.43 bits per heavy atom. The number of carbonyl (C=O) groups is 4. The Morgan fingerprint density at radius 3 is 1.98 bits per heavy atom. The maximum absolute atomic E-state index is 12.9. The second-order valence-electron chi connectivity index (χ2n) is 12.9. The van der Waals surface area contributed by atoms with Crippen LogP contribution < -0.4 is 15.4 Å². The molecule has 0 aliphatic carbocycles. The lowest BCUT2D eigenvalue weighted by Gasteiger charge is -2.29. The van der Waals surface area contributed by atoms with E-state index < -0.39 is 35.0 Å². The summed E-state index contributed by atoms with van der Waals surface area (Å²) in [5.41, 5.74) is -0.630. The molecule has 0 fully saturated rings. The largest absolute Gasteiger partial charge is 0.494 e. The fraction of sp³-hybridized carbons (Fsp3) is 0.633. The molecule has 1 heterocycles. The minimum atomic E-state index is -0.750. The fourth-order valence-electron chi connectivity index (χ4n) is 3.79. The number of ether oxygens (including phenoxy) is 4. The van der Waals surface area contributed by atoms with Crippen LogP contribution in [0.25, 0.3) is 0 Å². The zero-order valence-corrected chi connectivity index (χ0v) is 26.3. The van der Waals surface area contributed by atoms with Gasteiger partial charge in [0.15, 0.2) is 0 Å². The lowest BCUT2D eigenvalue weighted by molar-refractivity contribution is -0.155. The van der Waals surface area contributed by atoms with E-state index in [0.717, 1.165) is 5.56 Å². The highest BCUT2D eigenvalue weighted by atomic mass is 16.6. The van der Waals surface area contributed by atoms with E-state index in [4.69, 9.17) is 18.9 Å². The minimum Gasteiger partial charge on any atom is -0.494 e. The summed E-state index contributed by atoms with van der Waals surface area (Å²) in [6.07, 6.45) is 0.362. The number of esters is 1. The van der Waals surface area contributed by atoms with Gasteiger partial charge < -0.3 is 23.8 Å². The molecule has 0 atom stereocenters. The van der Waals surface area contributed by atoms with E-state index in [0.29, 0.717) is 50.3 Å². The van der Waals surface area contributed by atoms with E-state index in [1.54, 1.807) is 74.4 Å². The summed E-state index contributed by atoms with van der Waals surface area (Å²) in [6, 6.07) is 5.30. The minimum absolute atomic E-state index is 0.0699. The number of unbranched alkanes of at least 4 members (excludes halogenated alkanes) is 1. The Balaban J connectivity index is 1.87.